The first-order valence-corrected chi connectivity index (χ1v) is 10.4. The molecule has 2 aromatic carbocycles. The van der Waals surface area contributed by atoms with Crippen molar-refractivity contribution >= 4 is 34.5 Å². The van der Waals surface area contributed by atoms with E-state index < -0.39 is 11.7 Å². The Hall–Kier alpha value is -4.05. The van der Waals surface area contributed by atoms with Crippen LogP contribution in [0.4, 0.5) is 15.8 Å². The van der Waals surface area contributed by atoms with Crippen LogP contribution in [0.1, 0.15) is 17.5 Å². The van der Waals surface area contributed by atoms with Crippen LogP contribution in [0.3, 0.4) is 0 Å². The van der Waals surface area contributed by atoms with Gasteiger partial charge >= 0.3 is 0 Å². The van der Waals surface area contributed by atoms with Crippen molar-refractivity contribution in [2.45, 2.75) is 6.92 Å². The molecule has 0 bridgehead atoms. The summed E-state index contributed by atoms with van der Waals surface area (Å²) in [5.41, 5.74) is 1.27. The summed E-state index contributed by atoms with van der Waals surface area (Å²) in [4.78, 5) is 29.5. The van der Waals surface area contributed by atoms with Crippen molar-refractivity contribution in [3.8, 4) is 22.1 Å². The number of nitrogens with one attached hydrogen (secondary N) is 2. The quantitative estimate of drug-likeness (QED) is 0.454. The Labute approximate surface area is 186 Å². The Kier molecular flexibility index (Phi) is 5.95. The number of rotatable bonds is 6. The van der Waals surface area contributed by atoms with Crippen molar-refractivity contribution in [1.82, 2.24) is 14.8 Å². The molecule has 0 radical (unpaired) electrons. The predicted octanol–water partition coefficient (Wildman–Crippen LogP) is 4.35. The molecular weight excluding hydrogens is 433 g/mol. The molecule has 162 valence electrons. The molecule has 0 spiro atoms. The lowest BCUT2D eigenvalue weighted by Gasteiger charge is -2.11. The van der Waals surface area contributed by atoms with Gasteiger partial charge in [-0.25, -0.2) is 14.1 Å². The summed E-state index contributed by atoms with van der Waals surface area (Å²) in [6.45, 7) is 1.37. The maximum absolute atomic E-state index is 13.8. The second-order valence-corrected chi connectivity index (χ2v) is 7.63. The predicted molar refractivity (Wildman–Crippen MR) is 120 cm³/mol. The van der Waals surface area contributed by atoms with Crippen LogP contribution in [0.5, 0.6) is 5.75 Å². The maximum atomic E-state index is 13.8. The normalized spacial score (nSPS) is 10.6. The lowest BCUT2D eigenvalue weighted by molar-refractivity contribution is -0.114. The van der Waals surface area contributed by atoms with Crippen LogP contribution in [0.25, 0.3) is 16.4 Å². The van der Waals surface area contributed by atoms with Crippen LogP contribution >= 0.6 is 11.3 Å². The minimum absolute atomic E-state index is 0.0884. The molecule has 0 aliphatic carbocycles. The van der Waals surface area contributed by atoms with Crippen molar-refractivity contribution in [3.05, 3.63) is 71.6 Å². The third kappa shape index (κ3) is 4.49. The fourth-order valence-electron chi connectivity index (χ4n) is 3.02. The molecule has 0 fully saturated rings. The molecule has 2 aromatic heterocycles. The molecule has 0 saturated heterocycles. The number of ether oxygens (including phenoxy) is 1. The van der Waals surface area contributed by atoms with E-state index >= 15 is 0 Å². The minimum atomic E-state index is -0.558. The van der Waals surface area contributed by atoms with Gasteiger partial charge in [0.1, 0.15) is 11.6 Å². The average molecular weight is 451 g/mol. The zero-order valence-corrected chi connectivity index (χ0v) is 17.9. The van der Waals surface area contributed by atoms with Gasteiger partial charge in [0, 0.05) is 12.6 Å². The second-order valence-electron chi connectivity index (χ2n) is 6.68. The van der Waals surface area contributed by atoms with Gasteiger partial charge < -0.3 is 15.4 Å². The number of aromatic nitrogens is 3. The SMILES string of the molecule is COc1ccc(NC(=O)c2nc(-c3cccs3)n(-c3cccc(F)c3)n2)cc1NC(C)=O. The van der Waals surface area contributed by atoms with Crippen LogP contribution in [0.15, 0.2) is 60.0 Å². The van der Waals surface area contributed by atoms with E-state index in [1.165, 1.54) is 42.2 Å². The Morgan fingerprint density at radius 3 is 2.62 bits per heavy atom. The molecule has 4 rings (SSSR count). The number of carbonyl (C=O) groups excluding carboxylic acids is 2. The van der Waals surface area contributed by atoms with Crippen LogP contribution in [-0.4, -0.2) is 33.7 Å². The van der Waals surface area contributed by atoms with Gasteiger partial charge in [-0.1, -0.05) is 12.1 Å². The number of benzene rings is 2. The lowest BCUT2D eigenvalue weighted by Crippen LogP contribution is -2.15. The van der Waals surface area contributed by atoms with Crippen LogP contribution in [0, 0.1) is 5.82 Å². The molecule has 2 N–H and O–H groups in total. The summed E-state index contributed by atoms with van der Waals surface area (Å²) in [5.74, 6) is -0.477. The number of thiophene rings is 1. The largest absolute Gasteiger partial charge is 0.495 e. The highest BCUT2D eigenvalue weighted by atomic mass is 32.1. The zero-order chi connectivity index (χ0) is 22.7. The smallest absolute Gasteiger partial charge is 0.295 e. The standard InChI is InChI=1S/C22H18FN5O3S/c1-13(29)24-17-12-15(8-9-18(17)31-2)25-22(30)20-26-21(19-7-4-10-32-19)28(27-20)16-6-3-5-14(23)11-16/h3-12H,1-2H3,(H,24,29)(H,25,30). The monoisotopic (exact) mass is 451 g/mol. The summed E-state index contributed by atoms with van der Waals surface area (Å²) in [5, 5.41) is 11.6. The molecular formula is C22H18FN5O3S. The number of carbonyl (C=O) groups is 2. The summed E-state index contributed by atoms with van der Waals surface area (Å²) in [6.07, 6.45) is 0. The van der Waals surface area contributed by atoms with Gasteiger partial charge in [0.05, 0.1) is 23.4 Å². The van der Waals surface area contributed by atoms with Crippen molar-refractivity contribution in [2.75, 3.05) is 17.7 Å². The third-order valence-electron chi connectivity index (χ3n) is 4.37. The summed E-state index contributed by atoms with van der Waals surface area (Å²) >= 11 is 1.43. The van der Waals surface area contributed by atoms with Gasteiger partial charge in [0.15, 0.2) is 5.82 Å². The number of anilines is 2. The molecule has 10 heteroatoms. The van der Waals surface area contributed by atoms with E-state index in [1.807, 2.05) is 17.5 Å². The Morgan fingerprint density at radius 2 is 1.94 bits per heavy atom. The van der Waals surface area contributed by atoms with E-state index in [2.05, 4.69) is 20.7 Å². The second kappa shape index (κ2) is 8.98. The number of halogens is 1. The van der Waals surface area contributed by atoms with Gasteiger partial charge in [0.2, 0.25) is 11.7 Å². The molecule has 0 unspecified atom stereocenters. The van der Waals surface area contributed by atoms with E-state index in [1.54, 1.807) is 30.3 Å². The fraction of sp³-hybridized carbons (Fsp3) is 0.0909. The zero-order valence-electron chi connectivity index (χ0n) is 17.1. The Morgan fingerprint density at radius 1 is 1.09 bits per heavy atom. The minimum Gasteiger partial charge on any atom is -0.495 e. The molecule has 0 aliphatic heterocycles. The molecule has 0 saturated carbocycles. The molecule has 0 aliphatic rings. The number of hydrogen-bond donors (Lipinski definition) is 2. The van der Waals surface area contributed by atoms with E-state index in [9.17, 15) is 14.0 Å². The number of amides is 2. The molecule has 32 heavy (non-hydrogen) atoms. The van der Waals surface area contributed by atoms with E-state index in [4.69, 9.17) is 4.74 Å². The molecule has 2 amide bonds. The third-order valence-corrected chi connectivity index (χ3v) is 5.24. The van der Waals surface area contributed by atoms with E-state index in [0.717, 1.165) is 4.88 Å². The van der Waals surface area contributed by atoms with Gasteiger partial charge in [-0.15, -0.1) is 16.4 Å². The molecule has 4 aromatic rings. The van der Waals surface area contributed by atoms with Crippen LogP contribution in [0.2, 0.25) is 0 Å². The highest BCUT2D eigenvalue weighted by Gasteiger charge is 2.20. The first-order chi connectivity index (χ1) is 15.4. The van der Waals surface area contributed by atoms with Crippen molar-refractivity contribution in [3.63, 3.8) is 0 Å². The Bertz CT molecular complexity index is 1290. The topological polar surface area (TPSA) is 98.1 Å². The van der Waals surface area contributed by atoms with Gasteiger partial charge in [-0.3, -0.25) is 9.59 Å². The van der Waals surface area contributed by atoms with Crippen LogP contribution in [-0.2, 0) is 4.79 Å². The Balaban J connectivity index is 1.68. The summed E-state index contributed by atoms with van der Waals surface area (Å²) in [7, 11) is 1.48. The maximum Gasteiger partial charge on any atom is 0.295 e. The van der Waals surface area contributed by atoms with Crippen molar-refractivity contribution in [1.29, 1.82) is 0 Å². The molecule has 2 heterocycles. The molecule has 0 atom stereocenters. The van der Waals surface area contributed by atoms with Crippen molar-refractivity contribution in [2.24, 2.45) is 0 Å². The first kappa shape index (κ1) is 21.2. The first-order valence-electron chi connectivity index (χ1n) is 9.48. The highest BCUT2D eigenvalue weighted by Crippen LogP contribution is 2.29. The lowest BCUT2D eigenvalue weighted by atomic mass is 10.2. The fourth-order valence-corrected chi connectivity index (χ4v) is 3.72. The highest BCUT2D eigenvalue weighted by molar-refractivity contribution is 7.13. The van der Waals surface area contributed by atoms with E-state index in [-0.39, 0.29) is 11.7 Å². The summed E-state index contributed by atoms with van der Waals surface area (Å²) in [6, 6.07) is 14.4. The van der Waals surface area contributed by atoms with Gasteiger partial charge in [-0.05, 0) is 47.8 Å². The van der Waals surface area contributed by atoms with Crippen molar-refractivity contribution < 1.29 is 18.7 Å². The number of nitrogens with zero attached hydrogens (tertiary/aromatic N) is 3. The number of hydrogen-bond acceptors (Lipinski definition) is 6. The van der Waals surface area contributed by atoms with Gasteiger partial charge in [0.25, 0.3) is 5.91 Å². The molecule has 8 nitrogen and oxygen atoms in total. The van der Waals surface area contributed by atoms with Crippen LogP contribution < -0.4 is 15.4 Å². The van der Waals surface area contributed by atoms with Gasteiger partial charge in [-0.2, -0.15) is 0 Å². The van der Waals surface area contributed by atoms with E-state index in [0.29, 0.717) is 28.6 Å². The average Bonchev–Trinajstić information content (AvgIpc) is 3.43. The summed E-state index contributed by atoms with van der Waals surface area (Å²) < 4.78 is 20.4. The number of methoxy groups -OCH3 is 1.